The molecular formula is C16H23F2NO. The van der Waals surface area contributed by atoms with Crippen LogP contribution in [0.25, 0.3) is 0 Å². The first-order valence-electron chi connectivity index (χ1n) is 7.40. The van der Waals surface area contributed by atoms with Gasteiger partial charge in [-0.3, -0.25) is 0 Å². The molecule has 1 aliphatic rings. The number of hydrogen-bond donors (Lipinski definition) is 1. The third-order valence-corrected chi connectivity index (χ3v) is 4.41. The van der Waals surface area contributed by atoms with E-state index in [1.807, 2.05) is 0 Å². The summed E-state index contributed by atoms with van der Waals surface area (Å²) in [5.74, 6) is -0.969. The first kappa shape index (κ1) is 15.4. The molecule has 112 valence electrons. The molecule has 1 aromatic carbocycles. The lowest BCUT2D eigenvalue weighted by atomic mass is 9.86. The van der Waals surface area contributed by atoms with E-state index < -0.39 is 11.6 Å². The van der Waals surface area contributed by atoms with Gasteiger partial charge >= 0.3 is 0 Å². The summed E-state index contributed by atoms with van der Waals surface area (Å²) in [7, 11) is 0. The molecule has 20 heavy (non-hydrogen) atoms. The summed E-state index contributed by atoms with van der Waals surface area (Å²) in [6.45, 7) is 5.19. The third kappa shape index (κ3) is 3.36. The topological polar surface area (TPSA) is 21.3 Å². The predicted molar refractivity (Wildman–Crippen MR) is 75.5 cm³/mol. The molecular weight excluding hydrogens is 260 g/mol. The molecule has 0 spiro atoms. The van der Waals surface area contributed by atoms with Crippen molar-refractivity contribution in [1.82, 2.24) is 5.32 Å². The van der Waals surface area contributed by atoms with Crippen molar-refractivity contribution in [1.29, 1.82) is 0 Å². The van der Waals surface area contributed by atoms with E-state index in [0.29, 0.717) is 6.61 Å². The Hall–Kier alpha value is -1.00. The van der Waals surface area contributed by atoms with Gasteiger partial charge in [0.2, 0.25) is 0 Å². The van der Waals surface area contributed by atoms with E-state index in [-0.39, 0.29) is 23.8 Å². The zero-order valence-electron chi connectivity index (χ0n) is 12.2. The Morgan fingerprint density at radius 3 is 2.50 bits per heavy atom. The molecule has 1 atom stereocenters. The molecule has 0 aliphatic carbocycles. The van der Waals surface area contributed by atoms with E-state index in [4.69, 9.17) is 4.74 Å². The summed E-state index contributed by atoms with van der Waals surface area (Å²) in [5.41, 5.74) is 0.0431. The number of rotatable bonds is 5. The summed E-state index contributed by atoms with van der Waals surface area (Å²) in [4.78, 5) is 0. The highest BCUT2D eigenvalue weighted by atomic mass is 19.1. The van der Waals surface area contributed by atoms with Crippen molar-refractivity contribution in [2.45, 2.75) is 57.7 Å². The monoisotopic (exact) mass is 283 g/mol. The molecule has 0 saturated carbocycles. The van der Waals surface area contributed by atoms with Crippen molar-refractivity contribution in [3.05, 3.63) is 35.4 Å². The average Bonchev–Trinajstić information content (AvgIpc) is 2.47. The van der Waals surface area contributed by atoms with Gasteiger partial charge in [0, 0.05) is 24.8 Å². The molecule has 1 saturated heterocycles. The molecule has 2 rings (SSSR count). The van der Waals surface area contributed by atoms with Crippen molar-refractivity contribution in [2.75, 3.05) is 6.61 Å². The van der Waals surface area contributed by atoms with Crippen LogP contribution in [-0.2, 0) is 11.3 Å². The van der Waals surface area contributed by atoms with Gasteiger partial charge in [-0.05, 0) is 37.8 Å². The summed E-state index contributed by atoms with van der Waals surface area (Å²) in [6.07, 6.45) is 3.72. The fourth-order valence-corrected chi connectivity index (χ4v) is 2.89. The van der Waals surface area contributed by atoms with Crippen molar-refractivity contribution in [3.63, 3.8) is 0 Å². The Bertz CT molecular complexity index is 426. The highest BCUT2D eigenvalue weighted by Crippen LogP contribution is 2.31. The molecule has 1 heterocycles. The first-order chi connectivity index (χ1) is 9.60. The third-order valence-electron chi connectivity index (χ3n) is 4.41. The summed E-state index contributed by atoms with van der Waals surface area (Å²) < 4.78 is 33.1. The molecule has 0 aromatic heterocycles. The van der Waals surface area contributed by atoms with E-state index in [1.165, 1.54) is 18.2 Å². The molecule has 4 heteroatoms. The van der Waals surface area contributed by atoms with Gasteiger partial charge in [0.25, 0.3) is 0 Å². The second-order valence-electron chi connectivity index (χ2n) is 5.51. The zero-order chi connectivity index (χ0) is 14.6. The van der Waals surface area contributed by atoms with Crippen molar-refractivity contribution in [3.8, 4) is 0 Å². The number of hydrogen-bond acceptors (Lipinski definition) is 2. The van der Waals surface area contributed by atoms with Crippen LogP contribution in [0.2, 0.25) is 0 Å². The van der Waals surface area contributed by atoms with Crippen LogP contribution in [0, 0.1) is 11.6 Å². The first-order valence-corrected chi connectivity index (χ1v) is 7.40. The minimum atomic E-state index is -0.484. The zero-order valence-corrected chi connectivity index (χ0v) is 12.2. The Labute approximate surface area is 119 Å². The minimum absolute atomic E-state index is 0.0797. The largest absolute Gasteiger partial charge is 0.375 e. The molecule has 1 N–H and O–H groups in total. The Morgan fingerprint density at radius 1 is 1.25 bits per heavy atom. The Balaban J connectivity index is 1.97. The number of halogens is 2. The quantitative estimate of drug-likeness (QED) is 0.887. The van der Waals surface area contributed by atoms with E-state index in [9.17, 15) is 8.78 Å². The summed E-state index contributed by atoms with van der Waals surface area (Å²) in [6, 6.07) is 4.24. The number of benzene rings is 1. The van der Waals surface area contributed by atoms with Gasteiger partial charge in [-0.25, -0.2) is 8.78 Å². The molecule has 1 aromatic rings. The van der Waals surface area contributed by atoms with Crippen molar-refractivity contribution < 1.29 is 13.5 Å². The standard InChI is InChI=1S/C16H23F2NO/c1-3-16(4-2)10-12(8-9-20-16)19-11-13-14(17)6-5-7-15(13)18/h5-7,12,19H,3-4,8-11H2,1-2H3. The van der Waals surface area contributed by atoms with Crippen LogP contribution in [0.5, 0.6) is 0 Å². The van der Waals surface area contributed by atoms with Gasteiger partial charge in [-0.1, -0.05) is 19.9 Å². The van der Waals surface area contributed by atoms with Gasteiger partial charge in [-0.2, -0.15) is 0 Å². The Morgan fingerprint density at radius 2 is 1.90 bits per heavy atom. The fraction of sp³-hybridized carbons (Fsp3) is 0.625. The van der Waals surface area contributed by atoms with E-state index in [0.717, 1.165) is 25.7 Å². The van der Waals surface area contributed by atoms with E-state index >= 15 is 0 Å². The van der Waals surface area contributed by atoms with Crippen LogP contribution in [0.1, 0.15) is 45.1 Å². The molecule has 0 bridgehead atoms. The second kappa shape index (κ2) is 6.64. The maximum atomic E-state index is 13.6. The Kier molecular flexibility index (Phi) is 5.11. The van der Waals surface area contributed by atoms with Crippen LogP contribution in [-0.4, -0.2) is 18.2 Å². The second-order valence-corrected chi connectivity index (χ2v) is 5.51. The maximum Gasteiger partial charge on any atom is 0.130 e. The van der Waals surface area contributed by atoms with Crippen LogP contribution >= 0.6 is 0 Å². The molecule has 0 amide bonds. The molecule has 0 radical (unpaired) electrons. The molecule has 1 fully saturated rings. The van der Waals surface area contributed by atoms with Gasteiger partial charge in [0.05, 0.1) is 5.60 Å². The van der Waals surface area contributed by atoms with Gasteiger partial charge < -0.3 is 10.1 Å². The average molecular weight is 283 g/mol. The summed E-state index contributed by atoms with van der Waals surface area (Å²) >= 11 is 0. The fourth-order valence-electron chi connectivity index (χ4n) is 2.89. The van der Waals surface area contributed by atoms with Gasteiger partial charge in [-0.15, -0.1) is 0 Å². The molecule has 2 nitrogen and oxygen atoms in total. The van der Waals surface area contributed by atoms with Crippen LogP contribution in [0.3, 0.4) is 0 Å². The van der Waals surface area contributed by atoms with E-state index in [2.05, 4.69) is 19.2 Å². The summed E-state index contributed by atoms with van der Waals surface area (Å²) in [5, 5.41) is 3.28. The lowest BCUT2D eigenvalue weighted by Crippen LogP contribution is -2.46. The lowest BCUT2D eigenvalue weighted by molar-refractivity contribution is -0.0932. The normalized spacial score (nSPS) is 21.9. The highest BCUT2D eigenvalue weighted by Gasteiger charge is 2.34. The van der Waals surface area contributed by atoms with Crippen LogP contribution in [0.4, 0.5) is 8.78 Å². The van der Waals surface area contributed by atoms with Crippen LogP contribution < -0.4 is 5.32 Å². The SMILES string of the molecule is CCC1(CC)CC(NCc2c(F)cccc2F)CCO1. The molecule has 1 unspecified atom stereocenters. The van der Waals surface area contributed by atoms with E-state index in [1.54, 1.807) is 0 Å². The smallest absolute Gasteiger partial charge is 0.130 e. The maximum absolute atomic E-state index is 13.6. The van der Waals surface area contributed by atoms with Crippen LogP contribution in [0.15, 0.2) is 18.2 Å². The van der Waals surface area contributed by atoms with Gasteiger partial charge in [0.15, 0.2) is 0 Å². The van der Waals surface area contributed by atoms with Crippen molar-refractivity contribution in [2.24, 2.45) is 0 Å². The minimum Gasteiger partial charge on any atom is -0.375 e. The predicted octanol–water partition coefficient (Wildman–Crippen LogP) is 3.79. The number of ether oxygens (including phenoxy) is 1. The highest BCUT2D eigenvalue weighted by molar-refractivity contribution is 5.19. The van der Waals surface area contributed by atoms with Crippen molar-refractivity contribution >= 4 is 0 Å². The lowest BCUT2D eigenvalue weighted by Gasteiger charge is -2.40. The van der Waals surface area contributed by atoms with Gasteiger partial charge in [0.1, 0.15) is 11.6 Å². The number of nitrogens with one attached hydrogen (secondary N) is 1. The molecule has 1 aliphatic heterocycles.